The quantitative estimate of drug-likeness (QED) is 0.351. The molecule has 0 aliphatic heterocycles. The van der Waals surface area contributed by atoms with Gasteiger partial charge in [0.1, 0.15) is 6.61 Å². The first-order valence-corrected chi connectivity index (χ1v) is 8.13. The second-order valence-electron chi connectivity index (χ2n) is 5.71. The molecule has 2 atom stereocenters. The van der Waals surface area contributed by atoms with Crippen LogP contribution >= 0.6 is 0 Å². The number of ketones is 1. The minimum atomic E-state index is -0.309. The van der Waals surface area contributed by atoms with Crippen molar-refractivity contribution in [3.05, 3.63) is 24.3 Å². The zero-order chi connectivity index (χ0) is 17.1. The number of allylic oxidation sites excluding steroid dienone is 3. The van der Waals surface area contributed by atoms with E-state index in [9.17, 15) is 14.4 Å². The molecule has 0 aromatic heterocycles. The highest BCUT2D eigenvalue weighted by Gasteiger charge is 2.27. The van der Waals surface area contributed by atoms with Gasteiger partial charge in [-0.3, -0.25) is 14.4 Å². The Kier molecular flexibility index (Phi) is 8.95. The van der Waals surface area contributed by atoms with Gasteiger partial charge in [-0.25, -0.2) is 0 Å². The second kappa shape index (κ2) is 10.8. The summed E-state index contributed by atoms with van der Waals surface area (Å²) in [6.45, 7) is 1.62. The van der Waals surface area contributed by atoms with Crippen molar-refractivity contribution in [1.29, 1.82) is 0 Å². The standard InChI is InChI=1S/C18H26O5/c1-14(19)23-13-7-8-15-11-12-17(20)16(15)9-5-3-4-6-10-18(21)22-2/h7-8,11-12,15-16H,3-6,9-10,13H2,1-2H3/b8-7+/t15-,16+/m0/s1. The fraction of sp³-hybridized carbons (Fsp3) is 0.611. The monoisotopic (exact) mass is 322 g/mol. The summed E-state index contributed by atoms with van der Waals surface area (Å²) in [5.41, 5.74) is 0. The van der Waals surface area contributed by atoms with Gasteiger partial charge in [-0.15, -0.1) is 0 Å². The highest BCUT2D eigenvalue weighted by Crippen LogP contribution is 2.28. The van der Waals surface area contributed by atoms with Crippen LogP contribution < -0.4 is 0 Å². The number of ether oxygens (including phenoxy) is 2. The van der Waals surface area contributed by atoms with Crippen molar-refractivity contribution >= 4 is 17.7 Å². The smallest absolute Gasteiger partial charge is 0.305 e. The number of hydrogen-bond acceptors (Lipinski definition) is 5. The van der Waals surface area contributed by atoms with Crippen molar-refractivity contribution in [2.24, 2.45) is 11.8 Å². The number of methoxy groups -OCH3 is 1. The van der Waals surface area contributed by atoms with E-state index in [1.165, 1.54) is 14.0 Å². The Labute approximate surface area is 137 Å². The molecule has 0 spiro atoms. The molecular formula is C18H26O5. The fourth-order valence-electron chi connectivity index (χ4n) is 2.65. The van der Waals surface area contributed by atoms with E-state index in [-0.39, 0.29) is 36.2 Å². The van der Waals surface area contributed by atoms with Gasteiger partial charge in [-0.2, -0.15) is 0 Å². The summed E-state index contributed by atoms with van der Waals surface area (Å²) in [4.78, 5) is 33.6. The third-order valence-electron chi connectivity index (χ3n) is 3.93. The molecule has 0 heterocycles. The Morgan fingerprint density at radius 3 is 2.65 bits per heavy atom. The lowest BCUT2D eigenvalue weighted by atomic mass is 9.89. The van der Waals surface area contributed by atoms with E-state index in [4.69, 9.17) is 4.74 Å². The van der Waals surface area contributed by atoms with Crippen LogP contribution in [0.25, 0.3) is 0 Å². The van der Waals surface area contributed by atoms with Crippen LogP contribution in [0.1, 0.15) is 45.4 Å². The highest BCUT2D eigenvalue weighted by molar-refractivity contribution is 5.94. The largest absolute Gasteiger partial charge is 0.469 e. The van der Waals surface area contributed by atoms with Gasteiger partial charge in [0, 0.05) is 25.2 Å². The third-order valence-corrected chi connectivity index (χ3v) is 3.93. The number of hydrogen-bond donors (Lipinski definition) is 0. The third kappa shape index (κ3) is 7.77. The molecule has 0 aromatic carbocycles. The Bertz CT molecular complexity index is 464. The Morgan fingerprint density at radius 2 is 1.96 bits per heavy atom. The minimum absolute atomic E-state index is 0.0100. The maximum atomic E-state index is 11.9. The van der Waals surface area contributed by atoms with Crippen LogP contribution in [0.15, 0.2) is 24.3 Å². The van der Waals surface area contributed by atoms with E-state index >= 15 is 0 Å². The summed E-state index contributed by atoms with van der Waals surface area (Å²) in [7, 11) is 1.40. The molecule has 128 valence electrons. The predicted molar refractivity (Wildman–Crippen MR) is 86.6 cm³/mol. The molecule has 0 saturated carbocycles. The molecular weight excluding hydrogens is 296 g/mol. The highest BCUT2D eigenvalue weighted by atomic mass is 16.5. The number of rotatable bonds is 10. The summed E-state index contributed by atoms with van der Waals surface area (Å²) in [5, 5.41) is 0. The molecule has 0 amide bonds. The minimum Gasteiger partial charge on any atom is -0.469 e. The van der Waals surface area contributed by atoms with E-state index in [1.54, 1.807) is 12.2 Å². The van der Waals surface area contributed by atoms with Gasteiger partial charge in [0.2, 0.25) is 0 Å². The summed E-state index contributed by atoms with van der Waals surface area (Å²) >= 11 is 0. The van der Waals surface area contributed by atoms with Crippen LogP contribution in [0.2, 0.25) is 0 Å². The first kappa shape index (κ1) is 19.1. The number of carbonyl (C=O) groups is 3. The predicted octanol–water partition coefficient (Wildman–Crippen LogP) is 2.99. The summed E-state index contributed by atoms with van der Waals surface area (Å²) < 4.78 is 9.44. The van der Waals surface area contributed by atoms with Gasteiger partial charge in [0.15, 0.2) is 5.78 Å². The van der Waals surface area contributed by atoms with Crippen molar-refractivity contribution in [3.63, 3.8) is 0 Å². The maximum Gasteiger partial charge on any atom is 0.305 e. The van der Waals surface area contributed by atoms with Gasteiger partial charge in [-0.1, -0.05) is 37.5 Å². The molecule has 0 N–H and O–H groups in total. The van der Waals surface area contributed by atoms with Crippen molar-refractivity contribution in [3.8, 4) is 0 Å². The molecule has 1 aliphatic rings. The molecule has 0 radical (unpaired) electrons. The van der Waals surface area contributed by atoms with Gasteiger partial charge < -0.3 is 9.47 Å². The topological polar surface area (TPSA) is 69.7 Å². The molecule has 0 fully saturated rings. The van der Waals surface area contributed by atoms with Crippen LogP contribution in [-0.2, 0) is 23.9 Å². The van der Waals surface area contributed by atoms with Gasteiger partial charge in [0.25, 0.3) is 0 Å². The second-order valence-corrected chi connectivity index (χ2v) is 5.71. The lowest BCUT2D eigenvalue weighted by Gasteiger charge is -2.14. The van der Waals surface area contributed by atoms with Crippen molar-refractivity contribution in [2.45, 2.75) is 45.4 Å². The Balaban J connectivity index is 2.23. The van der Waals surface area contributed by atoms with Gasteiger partial charge >= 0.3 is 11.9 Å². The van der Waals surface area contributed by atoms with E-state index in [1.807, 2.05) is 12.2 Å². The van der Waals surface area contributed by atoms with Crippen molar-refractivity contribution in [2.75, 3.05) is 13.7 Å². The maximum absolute atomic E-state index is 11.9. The van der Waals surface area contributed by atoms with Gasteiger partial charge in [-0.05, 0) is 18.9 Å². The molecule has 0 bridgehead atoms. The van der Waals surface area contributed by atoms with Gasteiger partial charge in [0.05, 0.1) is 7.11 Å². The molecule has 23 heavy (non-hydrogen) atoms. The molecule has 1 aliphatic carbocycles. The van der Waals surface area contributed by atoms with Crippen molar-refractivity contribution in [1.82, 2.24) is 0 Å². The van der Waals surface area contributed by atoms with E-state index in [0.717, 1.165) is 32.1 Å². The molecule has 0 unspecified atom stereocenters. The zero-order valence-corrected chi connectivity index (χ0v) is 14.0. The lowest BCUT2D eigenvalue weighted by Crippen LogP contribution is -2.14. The normalized spacial score (nSPS) is 20.2. The average molecular weight is 322 g/mol. The van der Waals surface area contributed by atoms with E-state index < -0.39 is 0 Å². The average Bonchev–Trinajstić information content (AvgIpc) is 2.87. The molecule has 1 rings (SSSR count). The molecule has 0 saturated heterocycles. The Morgan fingerprint density at radius 1 is 1.22 bits per heavy atom. The number of carbonyl (C=O) groups excluding carboxylic acids is 3. The van der Waals surface area contributed by atoms with Crippen LogP contribution in [0.3, 0.4) is 0 Å². The Hall–Kier alpha value is -1.91. The van der Waals surface area contributed by atoms with E-state index in [2.05, 4.69) is 4.74 Å². The first-order chi connectivity index (χ1) is 11.0. The SMILES string of the molecule is COC(=O)CCCCCC[C@H]1C(=O)C=C[C@@H]1/C=C/COC(C)=O. The molecule has 5 heteroatoms. The van der Waals surface area contributed by atoms with Crippen LogP contribution in [0.4, 0.5) is 0 Å². The zero-order valence-electron chi connectivity index (χ0n) is 14.0. The number of esters is 2. The van der Waals surface area contributed by atoms with E-state index in [0.29, 0.717) is 6.42 Å². The van der Waals surface area contributed by atoms with Crippen molar-refractivity contribution < 1.29 is 23.9 Å². The summed E-state index contributed by atoms with van der Waals surface area (Å²) in [5.74, 6) is -0.228. The molecule has 0 aromatic rings. The van der Waals surface area contributed by atoms with Crippen LogP contribution in [-0.4, -0.2) is 31.4 Å². The lowest BCUT2D eigenvalue weighted by molar-refractivity contribution is -0.141. The number of unbranched alkanes of at least 4 members (excludes halogenated alkanes) is 3. The fourth-order valence-corrected chi connectivity index (χ4v) is 2.65. The van der Waals surface area contributed by atoms with Crippen LogP contribution in [0.5, 0.6) is 0 Å². The summed E-state index contributed by atoms with van der Waals surface area (Å²) in [6.07, 6.45) is 12.3. The first-order valence-electron chi connectivity index (χ1n) is 8.13. The van der Waals surface area contributed by atoms with Crippen LogP contribution in [0, 0.1) is 11.8 Å². The molecule has 5 nitrogen and oxygen atoms in total. The summed E-state index contributed by atoms with van der Waals surface area (Å²) in [6, 6.07) is 0.